The molecule has 1 fully saturated rings. The third kappa shape index (κ3) is 4.26. The van der Waals surface area contributed by atoms with Gasteiger partial charge in [-0.15, -0.1) is 5.10 Å². The molecule has 30 heavy (non-hydrogen) atoms. The molecule has 2 N–H and O–H groups in total. The van der Waals surface area contributed by atoms with Crippen LogP contribution in [-0.2, 0) is 6.67 Å². The zero-order chi connectivity index (χ0) is 21.3. The average molecular weight is 424 g/mol. The molecule has 1 aliphatic rings. The Bertz CT molecular complexity index is 1060. The van der Waals surface area contributed by atoms with Gasteiger partial charge in [-0.1, -0.05) is 61.9 Å². The van der Waals surface area contributed by atoms with Crippen LogP contribution >= 0.6 is 12.2 Å². The third-order valence-electron chi connectivity index (χ3n) is 5.98. The monoisotopic (exact) mass is 423 g/mol. The number of benzene rings is 2. The highest BCUT2D eigenvalue weighted by Crippen LogP contribution is 2.28. The molecule has 0 spiro atoms. The number of hydrogen-bond acceptors (Lipinski definition) is 3. The van der Waals surface area contributed by atoms with Gasteiger partial charge in [-0.3, -0.25) is 4.57 Å². The number of aromatic nitrogens is 3. The molecule has 2 aromatic carbocycles. The Morgan fingerprint density at radius 3 is 2.43 bits per heavy atom. The van der Waals surface area contributed by atoms with E-state index in [2.05, 4.69) is 73.9 Å². The van der Waals surface area contributed by atoms with Gasteiger partial charge in [0, 0.05) is 18.4 Å². The lowest BCUT2D eigenvalue weighted by atomic mass is 10.0. The van der Waals surface area contributed by atoms with Crippen LogP contribution in [0.3, 0.4) is 0 Å². The lowest BCUT2D eigenvalue weighted by Gasteiger charge is -2.26. The van der Waals surface area contributed by atoms with Gasteiger partial charge in [-0.25, -0.2) is 0 Å². The summed E-state index contributed by atoms with van der Waals surface area (Å²) in [6.45, 7) is 9.12. The molecule has 0 radical (unpaired) electrons. The van der Waals surface area contributed by atoms with E-state index in [1.807, 2.05) is 4.68 Å². The number of para-hydroxylation sites is 1. The highest BCUT2D eigenvalue weighted by molar-refractivity contribution is 7.71. The summed E-state index contributed by atoms with van der Waals surface area (Å²) in [4.78, 5) is 1.41. The quantitative estimate of drug-likeness (QED) is 0.618. The van der Waals surface area contributed by atoms with Gasteiger partial charge in [0.2, 0.25) is 4.77 Å². The molecule has 0 atom stereocenters. The van der Waals surface area contributed by atoms with E-state index in [0.29, 0.717) is 5.92 Å². The third-order valence-corrected chi connectivity index (χ3v) is 6.38. The van der Waals surface area contributed by atoms with Crippen molar-refractivity contribution in [2.75, 3.05) is 13.1 Å². The molecule has 0 saturated carbocycles. The van der Waals surface area contributed by atoms with Gasteiger partial charge in [0.1, 0.15) is 0 Å². The van der Waals surface area contributed by atoms with Gasteiger partial charge in [0.15, 0.2) is 12.5 Å². The predicted octanol–water partition coefficient (Wildman–Crippen LogP) is 3.50. The first-order valence-corrected chi connectivity index (χ1v) is 11.2. The zero-order valence-electron chi connectivity index (χ0n) is 18.0. The summed E-state index contributed by atoms with van der Waals surface area (Å²) in [7, 11) is 0. The summed E-state index contributed by atoms with van der Waals surface area (Å²) >= 11 is 5.96. The van der Waals surface area contributed by atoms with E-state index in [9.17, 15) is 5.11 Å². The van der Waals surface area contributed by atoms with E-state index < -0.39 is 0 Å². The fourth-order valence-electron chi connectivity index (χ4n) is 4.18. The summed E-state index contributed by atoms with van der Waals surface area (Å²) < 4.78 is 4.82. The molecule has 2 heterocycles. The Morgan fingerprint density at radius 2 is 1.77 bits per heavy atom. The Hall–Kier alpha value is -2.28. The van der Waals surface area contributed by atoms with Crippen LogP contribution in [0.5, 0.6) is 0 Å². The number of piperidine rings is 1. The zero-order valence-corrected chi connectivity index (χ0v) is 18.8. The van der Waals surface area contributed by atoms with E-state index in [-0.39, 0.29) is 6.10 Å². The van der Waals surface area contributed by atoms with Crippen molar-refractivity contribution in [1.82, 2.24) is 14.3 Å². The van der Waals surface area contributed by atoms with E-state index in [0.717, 1.165) is 54.4 Å². The van der Waals surface area contributed by atoms with E-state index >= 15 is 0 Å². The fraction of sp³-hybridized carbons (Fsp3) is 0.417. The molecule has 0 unspecified atom stereocenters. The molecule has 6 heteroatoms. The largest absolute Gasteiger partial charge is 0.393 e. The molecule has 1 aliphatic heterocycles. The molecular formula is C24H31N4OS+. The van der Waals surface area contributed by atoms with Crippen molar-refractivity contribution in [3.8, 4) is 17.1 Å². The predicted molar refractivity (Wildman–Crippen MR) is 123 cm³/mol. The van der Waals surface area contributed by atoms with Crippen LogP contribution in [0.2, 0.25) is 0 Å². The summed E-state index contributed by atoms with van der Waals surface area (Å²) in [6.07, 6.45) is 1.51. The minimum atomic E-state index is -0.166. The van der Waals surface area contributed by atoms with Crippen molar-refractivity contribution in [2.45, 2.75) is 52.3 Å². The molecule has 1 aromatic heterocycles. The maximum atomic E-state index is 9.84. The van der Waals surface area contributed by atoms with Gasteiger partial charge in [0.25, 0.3) is 0 Å². The van der Waals surface area contributed by atoms with Gasteiger partial charge < -0.3 is 10.0 Å². The Kier molecular flexibility index (Phi) is 6.18. The van der Waals surface area contributed by atoms with Crippen LogP contribution in [0.1, 0.15) is 43.7 Å². The maximum Gasteiger partial charge on any atom is 0.207 e. The highest BCUT2D eigenvalue weighted by Gasteiger charge is 2.23. The summed E-state index contributed by atoms with van der Waals surface area (Å²) in [5.74, 6) is 1.26. The number of likely N-dealkylation sites (tertiary alicyclic amines) is 1. The number of aliphatic hydroxyl groups excluding tert-OH is 1. The van der Waals surface area contributed by atoms with Crippen molar-refractivity contribution in [1.29, 1.82) is 0 Å². The normalized spacial score (nSPS) is 19.4. The number of nitrogens with zero attached hydrogens (tertiary/aromatic N) is 3. The molecular weight excluding hydrogens is 392 g/mol. The van der Waals surface area contributed by atoms with Crippen molar-refractivity contribution in [3.05, 3.63) is 64.4 Å². The van der Waals surface area contributed by atoms with Crippen molar-refractivity contribution in [3.63, 3.8) is 0 Å². The second-order valence-electron chi connectivity index (χ2n) is 8.66. The van der Waals surface area contributed by atoms with Crippen molar-refractivity contribution >= 4 is 12.2 Å². The molecule has 1 saturated heterocycles. The molecule has 3 aromatic rings. The SMILES string of the molecule is Cc1ccc(-c2nn(C[NH+]3CCC(O)CC3)c(=S)n2-c2ccccc2C(C)C)cc1. The van der Waals surface area contributed by atoms with Gasteiger partial charge in [-0.2, -0.15) is 4.68 Å². The van der Waals surface area contributed by atoms with Gasteiger partial charge >= 0.3 is 0 Å². The van der Waals surface area contributed by atoms with Crippen LogP contribution in [-0.4, -0.2) is 38.6 Å². The molecule has 4 rings (SSSR count). The second-order valence-corrected chi connectivity index (χ2v) is 9.03. The van der Waals surface area contributed by atoms with Crippen LogP contribution < -0.4 is 4.90 Å². The van der Waals surface area contributed by atoms with Crippen LogP contribution in [0.25, 0.3) is 17.1 Å². The number of aliphatic hydroxyl groups is 1. The van der Waals surface area contributed by atoms with E-state index in [1.165, 1.54) is 16.0 Å². The minimum absolute atomic E-state index is 0.166. The first kappa shape index (κ1) is 21.0. The number of quaternary nitrogens is 1. The van der Waals surface area contributed by atoms with Gasteiger partial charge in [0.05, 0.1) is 24.9 Å². The Morgan fingerprint density at radius 1 is 1.10 bits per heavy atom. The number of aryl methyl sites for hydroxylation is 1. The van der Waals surface area contributed by atoms with Crippen LogP contribution in [0, 0.1) is 11.7 Å². The lowest BCUT2D eigenvalue weighted by molar-refractivity contribution is -0.929. The van der Waals surface area contributed by atoms with E-state index in [1.54, 1.807) is 0 Å². The first-order chi connectivity index (χ1) is 14.4. The summed E-state index contributed by atoms with van der Waals surface area (Å²) in [5.41, 5.74) is 4.65. The van der Waals surface area contributed by atoms with Crippen LogP contribution in [0.15, 0.2) is 48.5 Å². The van der Waals surface area contributed by atoms with Crippen LogP contribution in [0.4, 0.5) is 0 Å². The number of rotatable bonds is 5. The first-order valence-electron chi connectivity index (χ1n) is 10.8. The minimum Gasteiger partial charge on any atom is -0.393 e. The molecule has 5 nitrogen and oxygen atoms in total. The fourth-order valence-corrected chi connectivity index (χ4v) is 4.47. The summed E-state index contributed by atoms with van der Waals surface area (Å²) in [6, 6.07) is 16.9. The summed E-state index contributed by atoms with van der Waals surface area (Å²) in [5, 5.41) is 14.8. The maximum absolute atomic E-state index is 9.84. The standard InChI is InChI=1S/C24H30N4OS/c1-17(2)21-6-4-5-7-22(21)28-23(19-10-8-18(3)9-11-19)25-27(24(28)30)16-26-14-12-20(29)13-15-26/h4-11,17,20,29H,12-16H2,1-3H3/p+1. The molecule has 0 amide bonds. The topological polar surface area (TPSA) is 47.4 Å². The Labute approximate surface area is 183 Å². The van der Waals surface area contributed by atoms with Crippen molar-refractivity contribution in [2.24, 2.45) is 0 Å². The second kappa shape index (κ2) is 8.84. The molecule has 0 bridgehead atoms. The average Bonchev–Trinajstić information content (AvgIpc) is 3.06. The van der Waals surface area contributed by atoms with Gasteiger partial charge in [-0.05, 0) is 36.7 Å². The highest BCUT2D eigenvalue weighted by atomic mass is 32.1. The lowest BCUT2D eigenvalue weighted by Crippen LogP contribution is -3.12. The molecule has 0 aliphatic carbocycles. The number of hydrogen-bond donors (Lipinski definition) is 2. The van der Waals surface area contributed by atoms with E-state index in [4.69, 9.17) is 17.3 Å². The smallest absolute Gasteiger partial charge is 0.207 e. The molecule has 158 valence electrons. The number of nitrogens with one attached hydrogen (secondary N) is 1. The van der Waals surface area contributed by atoms with Crippen molar-refractivity contribution < 1.29 is 10.0 Å². The Balaban J connectivity index is 1.82.